The molecule has 0 aliphatic rings. The van der Waals surface area contributed by atoms with Gasteiger partial charge in [0.1, 0.15) is 0 Å². The van der Waals surface area contributed by atoms with Crippen molar-refractivity contribution in [1.29, 1.82) is 0 Å². The number of alkyl halides is 3. The van der Waals surface area contributed by atoms with Crippen molar-refractivity contribution in [1.82, 2.24) is 10.3 Å². The van der Waals surface area contributed by atoms with E-state index in [2.05, 4.69) is 10.3 Å². The van der Waals surface area contributed by atoms with E-state index in [0.29, 0.717) is 12.1 Å². The Morgan fingerprint density at radius 2 is 1.68 bits per heavy atom. The lowest BCUT2D eigenvalue weighted by Crippen LogP contribution is -2.20. The van der Waals surface area contributed by atoms with Gasteiger partial charge in [-0.25, -0.2) is 0 Å². The molecule has 3 aromatic rings. The van der Waals surface area contributed by atoms with Crippen LogP contribution in [0.2, 0.25) is 0 Å². The average molecular weight is 382 g/mol. The van der Waals surface area contributed by atoms with Crippen LogP contribution in [0.15, 0.2) is 79.0 Å². The van der Waals surface area contributed by atoms with Crippen LogP contribution in [0.25, 0.3) is 17.3 Å². The van der Waals surface area contributed by atoms with Crippen LogP contribution in [0.3, 0.4) is 0 Å². The summed E-state index contributed by atoms with van der Waals surface area (Å²) in [5.74, 6) is -0.325. The van der Waals surface area contributed by atoms with Gasteiger partial charge in [-0.2, -0.15) is 13.2 Å². The zero-order valence-corrected chi connectivity index (χ0v) is 14.8. The lowest BCUT2D eigenvalue weighted by molar-refractivity contribution is -0.137. The summed E-state index contributed by atoms with van der Waals surface area (Å²) < 4.78 is 37.6. The minimum atomic E-state index is -4.37. The highest BCUT2D eigenvalue weighted by Gasteiger charge is 2.29. The number of rotatable bonds is 5. The monoisotopic (exact) mass is 382 g/mol. The molecular formula is C22H17F3N2O. The molecule has 0 saturated carbocycles. The number of carbonyl (C=O) groups is 1. The van der Waals surface area contributed by atoms with Gasteiger partial charge in [-0.1, -0.05) is 42.5 Å². The third kappa shape index (κ3) is 5.30. The van der Waals surface area contributed by atoms with Crippen LogP contribution in [0.1, 0.15) is 16.7 Å². The van der Waals surface area contributed by atoms with Crippen LogP contribution in [-0.4, -0.2) is 10.9 Å². The van der Waals surface area contributed by atoms with Gasteiger partial charge in [0.25, 0.3) is 0 Å². The van der Waals surface area contributed by atoms with Crippen LogP contribution in [0.4, 0.5) is 13.2 Å². The van der Waals surface area contributed by atoms with Crippen molar-refractivity contribution in [2.24, 2.45) is 0 Å². The molecule has 3 nitrogen and oxygen atoms in total. The number of hydrogen-bond donors (Lipinski definition) is 1. The quantitative estimate of drug-likeness (QED) is 0.624. The molecule has 0 bridgehead atoms. The number of nitrogens with zero attached hydrogens (tertiary/aromatic N) is 1. The van der Waals surface area contributed by atoms with E-state index < -0.39 is 11.7 Å². The second kappa shape index (κ2) is 8.52. The fourth-order valence-corrected chi connectivity index (χ4v) is 2.53. The molecule has 1 aromatic heterocycles. The van der Waals surface area contributed by atoms with Crippen molar-refractivity contribution in [3.05, 3.63) is 95.7 Å². The molecule has 1 heterocycles. The lowest BCUT2D eigenvalue weighted by atomic mass is 10.1. The Hall–Kier alpha value is -3.41. The highest BCUT2D eigenvalue weighted by molar-refractivity contribution is 5.91. The van der Waals surface area contributed by atoms with Gasteiger partial charge >= 0.3 is 6.18 Å². The normalized spacial score (nSPS) is 11.5. The van der Waals surface area contributed by atoms with Gasteiger partial charge in [-0.15, -0.1) is 0 Å². The van der Waals surface area contributed by atoms with Crippen molar-refractivity contribution in [3.63, 3.8) is 0 Å². The molecule has 0 spiro atoms. The Kier molecular flexibility index (Phi) is 5.89. The molecule has 0 aliphatic heterocycles. The van der Waals surface area contributed by atoms with Gasteiger partial charge in [0.05, 0.1) is 11.3 Å². The molecule has 3 rings (SSSR count). The van der Waals surface area contributed by atoms with Crippen LogP contribution < -0.4 is 5.32 Å². The molecule has 1 N–H and O–H groups in total. The Labute approximate surface area is 160 Å². The molecular weight excluding hydrogens is 365 g/mol. The lowest BCUT2D eigenvalue weighted by Gasteiger charge is -2.06. The fraction of sp³-hybridized carbons (Fsp3) is 0.0909. The SMILES string of the molecule is O=C(/C=C\c1ccc(C(F)(F)F)cc1)NCc1ccc(-c2ccccn2)cc1. The largest absolute Gasteiger partial charge is 0.416 e. The van der Waals surface area contributed by atoms with Gasteiger partial charge in [-0.3, -0.25) is 9.78 Å². The van der Waals surface area contributed by atoms with E-state index in [-0.39, 0.29) is 5.91 Å². The third-order valence-corrected chi connectivity index (χ3v) is 4.05. The zero-order chi connectivity index (χ0) is 20.0. The van der Waals surface area contributed by atoms with Crippen molar-refractivity contribution in [2.75, 3.05) is 0 Å². The number of aromatic nitrogens is 1. The van der Waals surface area contributed by atoms with E-state index in [1.807, 2.05) is 42.5 Å². The first-order valence-electron chi connectivity index (χ1n) is 8.55. The van der Waals surface area contributed by atoms with Gasteiger partial charge in [0, 0.05) is 24.4 Å². The summed E-state index contributed by atoms with van der Waals surface area (Å²) in [6, 6.07) is 18.0. The summed E-state index contributed by atoms with van der Waals surface area (Å²) in [4.78, 5) is 16.2. The maximum atomic E-state index is 12.5. The van der Waals surface area contributed by atoms with Crippen LogP contribution >= 0.6 is 0 Å². The molecule has 0 fully saturated rings. The van der Waals surface area contributed by atoms with Crippen molar-refractivity contribution in [2.45, 2.75) is 12.7 Å². The summed E-state index contributed by atoms with van der Waals surface area (Å²) in [5, 5.41) is 2.74. The molecule has 0 unspecified atom stereocenters. The maximum absolute atomic E-state index is 12.5. The number of amides is 1. The Morgan fingerprint density at radius 3 is 2.29 bits per heavy atom. The van der Waals surface area contributed by atoms with Gasteiger partial charge in [-0.05, 0) is 41.5 Å². The fourth-order valence-electron chi connectivity index (χ4n) is 2.53. The highest BCUT2D eigenvalue weighted by Crippen LogP contribution is 2.29. The molecule has 1 amide bonds. The predicted octanol–water partition coefficient (Wildman–Crippen LogP) is 5.10. The van der Waals surface area contributed by atoms with Crippen LogP contribution in [0.5, 0.6) is 0 Å². The number of pyridine rings is 1. The summed E-state index contributed by atoms with van der Waals surface area (Å²) in [7, 11) is 0. The number of benzene rings is 2. The number of nitrogens with one attached hydrogen (secondary N) is 1. The van der Waals surface area contributed by atoms with Crippen LogP contribution in [0, 0.1) is 0 Å². The molecule has 28 heavy (non-hydrogen) atoms. The average Bonchev–Trinajstić information content (AvgIpc) is 2.71. The van der Waals surface area contributed by atoms with E-state index in [1.165, 1.54) is 24.3 Å². The van der Waals surface area contributed by atoms with Crippen LogP contribution in [-0.2, 0) is 17.5 Å². The van der Waals surface area contributed by atoms with E-state index in [0.717, 1.165) is 29.0 Å². The first-order valence-corrected chi connectivity index (χ1v) is 8.55. The van der Waals surface area contributed by atoms with Crippen molar-refractivity contribution >= 4 is 12.0 Å². The summed E-state index contributed by atoms with van der Waals surface area (Å²) in [6.07, 6.45) is 0.128. The van der Waals surface area contributed by atoms with Crippen molar-refractivity contribution < 1.29 is 18.0 Å². The standard InChI is InChI=1S/C22H17F3N2O/c23-22(24,25)19-11-6-16(7-12-19)8-13-21(28)27-15-17-4-9-18(10-5-17)20-3-1-2-14-26-20/h1-14H,15H2,(H,27,28)/b13-8-. The third-order valence-electron chi connectivity index (χ3n) is 4.05. The summed E-state index contributed by atoms with van der Waals surface area (Å²) in [5.41, 5.74) is 2.58. The molecule has 0 aliphatic carbocycles. The Bertz CT molecular complexity index is 948. The second-order valence-electron chi connectivity index (χ2n) is 6.08. The van der Waals surface area contributed by atoms with E-state index in [4.69, 9.17) is 0 Å². The number of hydrogen-bond acceptors (Lipinski definition) is 2. The van der Waals surface area contributed by atoms with Crippen molar-refractivity contribution in [3.8, 4) is 11.3 Å². The first kappa shape index (κ1) is 19.4. The number of carbonyl (C=O) groups excluding carboxylic acids is 1. The smallest absolute Gasteiger partial charge is 0.348 e. The molecule has 2 aromatic carbocycles. The molecule has 0 atom stereocenters. The predicted molar refractivity (Wildman–Crippen MR) is 102 cm³/mol. The summed E-state index contributed by atoms with van der Waals surface area (Å²) in [6.45, 7) is 0.346. The zero-order valence-electron chi connectivity index (χ0n) is 14.8. The molecule has 6 heteroatoms. The molecule has 142 valence electrons. The Morgan fingerprint density at radius 1 is 0.964 bits per heavy atom. The maximum Gasteiger partial charge on any atom is 0.416 e. The first-order chi connectivity index (χ1) is 13.4. The topological polar surface area (TPSA) is 42.0 Å². The second-order valence-corrected chi connectivity index (χ2v) is 6.08. The van der Waals surface area contributed by atoms with E-state index >= 15 is 0 Å². The minimum absolute atomic E-state index is 0.325. The van der Waals surface area contributed by atoms with E-state index in [9.17, 15) is 18.0 Å². The highest BCUT2D eigenvalue weighted by atomic mass is 19.4. The number of halogens is 3. The van der Waals surface area contributed by atoms with Gasteiger partial charge in [0.15, 0.2) is 0 Å². The summed E-state index contributed by atoms with van der Waals surface area (Å²) >= 11 is 0. The minimum Gasteiger partial charge on any atom is -0.348 e. The van der Waals surface area contributed by atoms with Gasteiger partial charge < -0.3 is 5.32 Å². The van der Waals surface area contributed by atoms with Gasteiger partial charge in [0.2, 0.25) is 5.91 Å². The Balaban J connectivity index is 1.53. The molecule has 0 saturated heterocycles. The van der Waals surface area contributed by atoms with E-state index in [1.54, 1.807) is 6.20 Å². The molecule has 0 radical (unpaired) electrons.